The molecule has 1 atom stereocenters. The number of carbonyl (C=O) groups is 2. The molecule has 0 bridgehead atoms. The summed E-state index contributed by atoms with van der Waals surface area (Å²) in [6, 6.07) is 16.2. The Morgan fingerprint density at radius 3 is 2.03 bits per heavy atom. The lowest BCUT2D eigenvalue weighted by Gasteiger charge is -2.21. The molecule has 196 valence electrons. The lowest BCUT2D eigenvalue weighted by atomic mass is 10.1. The van der Waals surface area contributed by atoms with Crippen LogP contribution in [0.3, 0.4) is 0 Å². The molecule has 0 amide bonds. The number of rotatable bonds is 7. The molecule has 0 heterocycles. The minimum Gasteiger partial charge on any atom is -0.490 e. The van der Waals surface area contributed by atoms with Gasteiger partial charge in [-0.25, -0.2) is 9.00 Å². The number of fused-ring (bicyclic) bond motifs is 1. The van der Waals surface area contributed by atoms with E-state index in [4.69, 9.17) is 42.1 Å². The number of hydrogen-bond donors (Lipinski definition) is 0. The molecule has 0 N–H and O–H groups in total. The van der Waals surface area contributed by atoms with E-state index in [2.05, 4.69) is 15.9 Å². The first-order chi connectivity index (χ1) is 18.2. The second-order valence-corrected chi connectivity index (χ2v) is 10.8. The van der Waals surface area contributed by atoms with Gasteiger partial charge in [-0.1, -0.05) is 63.4 Å². The summed E-state index contributed by atoms with van der Waals surface area (Å²) in [5.41, 5.74) is 0.241. The van der Waals surface area contributed by atoms with E-state index < -0.39 is 22.7 Å². The molecular weight excluding hydrogens is 619 g/mol. The van der Waals surface area contributed by atoms with Gasteiger partial charge in [0, 0.05) is 22.2 Å². The standard InChI is InChI=1S/C27H19BrCl2O7S/c1-14(31)36-22-17-9-5-12-20(38(33)26-18(29)10-6-11-19(26)30)21(17)23(25(35-3)24(22)34-2)37-27(32)15-7-4-8-16(28)13-15/h4-13H,1-3H3. The van der Waals surface area contributed by atoms with E-state index in [0.29, 0.717) is 4.47 Å². The van der Waals surface area contributed by atoms with E-state index >= 15 is 0 Å². The SMILES string of the molecule is COc1c(OC)c(OC(=O)c2cccc(Br)c2)c2c(S(=O)c3c(Cl)cccc3Cl)cccc2c1OC(C)=O. The summed E-state index contributed by atoms with van der Waals surface area (Å²) in [7, 11) is 0.728. The monoisotopic (exact) mass is 636 g/mol. The Labute approximate surface area is 239 Å². The Morgan fingerprint density at radius 1 is 0.816 bits per heavy atom. The van der Waals surface area contributed by atoms with Crippen LogP contribution < -0.4 is 18.9 Å². The molecule has 4 aromatic rings. The van der Waals surface area contributed by atoms with Crippen molar-refractivity contribution in [2.45, 2.75) is 16.7 Å². The van der Waals surface area contributed by atoms with E-state index in [9.17, 15) is 13.8 Å². The van der Waals surface area contributed by atoms with Crippen molar-refractivity contribution < 1.29 is 32.7 Å². The highest BCUT2D eigenvalue weighted by Crippen LogP contribution is 2.53. The van der Waals surface area contributed by atoms with Crippen LogP contribution in [-0.2, 0) is 15.6 Å². The maximum Gasteiger partial charge on any atom is 0.343 e. The summed E-state index contributed by atoms with van der Waals surface area (Å²) < 4.78 is 37.1. The second kappa shape index (κ2) is 11.7. The van der Waals surface area contributed by atoms with Gasteiger partial charge in [0.05, 0.1) is 50.4 Å². The first kappa shape index (κ1) is 27.9. The minimum absolute atomic E-state index is 0.00166. The van der Waals surface area contributed by atoms with Crippen LogP contribution in [0.5, 0.6) is 23.0 Å². The molecule has 0 radical (unpaired) electrons. The van der Waals surface area contributed by atoms with Crippen LogP contribution in [0.4, 0.5) is 0 Å². The highest BCUT2D eigenvalue weighted by Gasteiger charge is 2.30. The van der Waals surface area contributed by atoms with Crippen molar-refractivity contribution in [3.05, 3.63) is 80.7 Å². The molecule has 0 fully saturated rings. The normalized spacial score (nSPS) is 11.6. The highest BCUT2D eigenvalue weighted by atomic mass is 79.9. The predicted octanol–water partition coefficient (Wildman–Crippen LogP) is 7.24. The maximum atomic E-state index is 14.0. The lowest BCUT2D eigenvalue weighted by molar-refractivity contribution is -0.131. The number of esters is 2. The van der Waals surface area contributed by atoms with Crippen LogP contribution in [0.15, 0.2) is 74.9 Å². The molecule has 11 heteroatoms. The fourth-order valence-electron chi connectivity index (χ4n) is 3.80. The number of halogens is 3. The first-order valence-electron chi connectivity index (χ1n) is 10.9. The zero-order valence-corrected chi connectivity index (χ0v) is 24.1. The van der Waals surface area contributed by atoms with Gasteiger partial charge in [0.25, 0.3) is 0 Å². The highest BCUT2D eigenvalue weighted by molar-refractivity contribution is 9.10. The number of benzene rings is 4. The lowest BCUT2D eigenvalue weighted by Crippen LogP contribution is -2.12. The third-order valence-corrected chi connectivity index (χ3v) is 8.23. The van der Waals surface area contributed by atoms with Crippen molar-refractivity contribution in [2.24, 2.45) is 0 Å². The smallest absolute Gasteiger partial charge is 0.343 e. The molecule has 0 aliphatic heterocycles. The van der Waals surface area contributed by atoms with Crippen molar-refractivity contribution in [3.63, 3.8) is 0 Å². The van der Waals surface area contributed by atoms with E-state index in [1.165, 1.54) is 21.1 Å². The molecule has 38 heavy (non-hydrogen) atoms. The molecular formula is C27H19BrCl2O7S. The average molecular weight is 638 g/mol. The molecule has 1 unspecified atom stereocenters. The number of carbonyl (C=O) groups excluding carboxylic acids is 2. The van der Waals surface area contributed by atoms with Crippen molar-refractivity contribution in [1.29, 1.82) is 0 Å². The van der Waals surface area contributed by atoms with Crippen molar-refractivity contribution in [3.8, 4) is 23.0 Å². The first-order valence-corrected chi connectivity index (χ1v) is 13.6. The van der Waals surface area contributed by atoms with Crippen molar-refractivity contribution in [1.82, 2.24) is 0 Å². The summed E-state index contributed by atoms with van der Waals surface area (Å²) in [5, 5.41) is 0.824. The van der Waals surface area contributed by atoms with Crippen LogP contribution in [-0.4, -0.2) is 30.4 Å². The van der Waals surface area contributed by atoms with E-state index in [0.717, 1.165) is 0 Å². The van der Waals surface area contributed by atoms with Gasteiger partial charge < -0.3 is 18.9 Å². The van der Waals surface area contributed by atoms with E-state index in [-0.39, 0.29) is 59.2 Å². The topological polar surface area (TPSA) is 88.1 Å². The predicted molar refractivity (Wildman–Crippen MR) is 149 cm³/mol. The zero-order chi connectivity index (χ0) is 27.6. The van der Waals surface area contributed by atoms with Crippen molar-refractivity contribution >= 4 is 72.6 Å². The van der Waals surface area contributed by atoms with Gasteiger partial charge in [0.1, 0.15) is 0 Å². The van der Waals surface area contributed by atoms with Crippen LogP contribution in [0.25, 0.3) is 10.8 Å². The quantitative estimate of drug-likeness (QED) is 0.156. The Bertz CT molecular complexity index is 1590. The van der Waals surface area contributed by atoms with Gasteiger partial charge in [-0.3, -0.25) is 4.79 Å². The summed E-state index contributed by atoms with van der Waals surface area (Å²) in [5.74, 6) is -1.48. The molecule has 4 rings (SSSR count). The summed E-state index contributed by atoms with van der Waals surface area (Å²) in [4.78, 5) is 25.6. The van der Waals surface area contributed by atoms with Crippen LogP contribution in [0.2, 0.25) is 10.0 Å². The van der Waals surface area contributed by atoms with Gasteiger partial charge in [-0.15, -0.1) is 0 Å². The van der Waals surface area contributed by atoms with Crippen LogP contribution >= 0.6 is 39.1 Å². The molecule has 0 aromatic heterocycles. The molecule has 0 saturated carbocycles. The Hall–Kier alpha value is -3.11. The van der Waals surface area contributed by atoms with Gasteiger partial charge >= 0.3 is 11.9 Å². The Kier molecular flexibility index (Phi) is 8.62. The molecule has 0 aliphatic rings. The summed E-state index contributed by atoms with van der Waals surface area (Å²) >= 11 is 16.1. The van der Waals surface area contributed by atoms with Crippen molar-refractivity contribution in [2.75, 3.05) is 14.2 Å². The number of hydrogen-bond acceptors (Lipinski definition) is 7. The summed E-state index contributed by atoms with van der Waals surface area (Å²) in [6.45, 7) is 1.23. The zero-order valence-electron chi connectivity index (χ0n) is 20.2. The minimum atomic E-state index is -1.96. The number of methoxy groups -OCH3 is 2. The third-order valence-electron chi connectivity index (χ3n) is 5.33. The Balaban J connectivity index is 2.08. The number of ether oxygens (including phenoxy) is 4. The average Bonchev–Trinajstić information content (AvgIpc) is 2.88. The largest absolute Gasteiger partial charge is 0.490 e. The fraction of sp³-hybridized carbons (Fsp3) is 0.111. The maximum absolute atomic E-state index is 14.0. The van der Waals surface area contributed by atoms with Gasteiger partial charge in [0.15, 0.2) is 11.5 Å². The summed E-state index contributed by atoms with van der Waals surface area (Å²) in [6.07, 6.45) is 0. The second-order valence-electron chi connectivity index (χ2n) is 7.72. The van der Waals surface area contributed by atoms with Gasteiger partial charge in [0.2, 0.25) is 11.5 Å². The van der Waals surface area contributed by atoms with E-state index in [1.54, 1.807) is 60.7 Å². The van der Waals surface area contributed by atoms with Crippen LogP contribution in [0, 0.1) is 0 Å². The molecule has 0 spiro atoms. The third kappa shape index (κ3) is 5.37. The van der Waals surface area contributed by atoms with Gasteiger partial charge in [-0.2, -0.15) is 0 Å². The van der Waals surface area contributed by atoms with Gasteiger partial charge in [-0.05, 0) is 36.4 Å². The van der Waals surface area contributed by atoms with Crippen LogP contribution in [0.1, 0.15) is 17.3 Å². The Morgan fingerprint density at radius 2 is 1.42 bits per heavy atom. The molecule has 0 aliphatic carbocycles. The molecule has 7 nitrogen and oxygen atoms in total. The fourth-order valence-corrected chi connectivity index (χ4v) is 6.32. The van der Waals surface area contributed by atoms with E-state index in [1.807, 2.05) is 0 Å². The molecule has 4 aromatic carbocycles. The molecule has 0 saturated heterocycles.